The molecule has 0 aliphatic heterocycles. The van der Waals surface area contributed by atoms with Gasteiger partial charge in [-0.05, 0) is 77.1 Å². The van der Waals surface area contributed by atoms with E-state index in [0.717, 1.165) is 18.2 Å². The second-order valence-corrected chi connectivity index (χ2v) is 13.3. The van der Waals surface area contributed by atoms with E-state index in [1.807, 2.05) is 0 Å². The van der Waals surface area contributed by atoms with Gasteiger partial charge in [-0.3, -0.25) is 9.11 Å². The van der Waals surface area contributed by atoms with Crippen LogP contribution in [0.25, 0.3) is 10.8 Å². The van der Waals surface area contributed by atoms with Gasteiger partial charge in [0.15, 0.2) is 15.6 Å². The third kappa shape index (κ3) is 10.2. The maximum atomic E-state index is 12.3. The number of azo groups is 1. The smallest absolute Gasteiger partial charge is 0.397 e. The van der Waals surface area contributed by atoms with Gasteiger partial charge in [0.05, 0.1) is 22.9 Å². The van der Waals surface area contributed by atoms with Crippen molar-refractivity contribution >= 4 is 146 Å². The monoisotopic (exact) mass is 724 g/mol. The summed E-state index contributed by atoms with van der Waals surface area (Å²) in [5.41, 5.74) is -0.241. The van der Waals surface area contributed by atoms with Gasteiger partial charge >= 0.3 is 10.4 Å². The van der Waals surface area contributed by atoms with Crippen LogP contribution in [0.5, 0.6) is 5.75 Å². The van der Waals surface area contributed by atoms with Gasteiger partial charge in [-0.2, -0.15) is 36.9 Å². The molecule has 224 valence electrons. The topological polar surface area (TPSA) is 248 Å². The van der Waals surface area contributed by atoms with Crippen LogP contribution in [0.2, 0.25) is 10.6 Å². The average molecular weight is 725 g/mol. The molecule has 0 aliphatic carbocycles. The first-order valence-corrected chi connectivity index (χ1v) is 16.2. The molecule has 0 spiro atoms. The van der Waals surface area contributed by atoms with Crippen molar-refractivity contribution in [2.45, 2.75) is 9.79 Å². The minimum absolute atomic E-state index is 0. The third-order valence-electron chi connectivity index (χ3n) is 5.21. The Morgan fingerprint density at radius 1 is 0.841 bits per heavy atom. The Morgan fingerprint density at radius 2 is 1.45 bits per heavy atom. The molecule has 1 aromatic heterocycles. The van der Waals surface area contributed by atoms with Crippen molar-refractivity contribution in [2.24, 2.45) is 10.2 Å². The van der Waals surface area contributed by atoms with E-state index in [0.29, 0.717) is 5.69 Å². The van der Waals surface area contributed by atoms with Crippen molar-refractivity contribution in [1.29, 1.82) is 0 Å². The first kappa shape index (κ1) is 38.6. The largest absolute Gasteiger partial charge is 0.505 e. The van der Waals surface area contributed by atoms with Gasteiger partial charge in [-0.1, -0.05) is 0 Å². The van der Waals surface area contributed by atoms with Crippen molar-refractivity contribution in [1.82, 2.24) is 15.0 Å². The summed E-state index contributed by atoms with van der Waals surface area (Å²) in [7, 11) is -13.8. The molecular formula is C21H16Cl2N6Na2O10S3. The molecule has 0 fully saturated rings. The van der Waals surface area contributed by atoms with E-state index >= 15 is 0 Å². The number of fused-ring (bicyclic) bond motifs is 1. The second kappa shape index (κ2) is 15.4. The molecule has 16 nitrogen and oxygen atoms in total. The van der Waals surface area contributed by atoms with Crippen LogP contribution in [-0.4, -0.2) is 126 Å². The maximum Gasteiger partial charge on any atom is 0.397 e. The number of hydrogen-bond acceptors (Lipinski definition) is 14. The number of sulfone groups is 1. The Morgan fingerprint density at radius 3 is 2.02 bits per heavy atom. The number of nitrogens with zero attached hydrogens (tertiary/aromatic N) is 5. The van der Waals surface area contributed by atoms with Crippen LogP contribution >= 0.6 is 23.2 Å². The maximum absolute atomic E-state index is 12.3. The quantitative estimate of drug-likeness (QED) is 0.104. The summed E-state index contributed by atoms with van der Waals surface area (Å²) in [5.74, 6) is -1.42. The third-order valence-corrected chi connectivity index (χ3v) is 8.58. The van der Waals surface area contributed by atoms with Crippen LogP contribution < -0.4 is 5.32 Å². The number of nitrogens with one attached hydrogen (secondary N) is 1. The van der Waals surface area contributed by atoms with Crippen LogP contribution in [0.3, 0.4) is 0 Å². The number of aromatic nitrogens is 3. The molecule has 4 N–H and O–H groups in total. The van der Waals surface area contributed by atoms with E-state index in [9.17, 15) is 34.9 Å². The average Bonchev–Trinajstić information content (AvgIpc) is 2.86. The van der Waals surface area contributed by atoms with Crippen LogP contribution in [-0.2, 0) is 34.5 Å². The minimum atomic E-state index is -4.93. The Balaban J connectivity index is 0.00000337. The normalized spacial score (nSPS) is 12.1. The van der Waals surface area contributed by atoms with Crippen molar-refractivity contribution < 1.29 is 43.6 Å². The van der Waals surface area contributed by atoms with Crippen LogP contribution in [0.4, 0.5) is 23.0 Å². The van der Waals surface area contributed by atoms with Gasteiger partial charge in [0.1, 0.15) is 10.6 Å². The summed E-state index contributed by atoms with van der Waals surface area (Å²) in [5, 5.41) is 21.2. The Labute approximate surface area is 304 Å². The van der Waals surface area contributed by atoms with E-state index in [1.54, 1.807) is 0 Å². The van der Waals surface area contributed by atoms with Crippen LogP contribution in [0.1, 0.15) is 0 Å². The van der Waals surface area contributed by atoms with Gasteiger partial charge in [0.25, 0.3) is 10.1 Å². The molecule has 4 rings (SSSR count). The molecule has 0 saturated heterocycles. The minimum Gasteiger partial charge on any atom is -0.505 e. The van der Waals surface area contributed by atoms with E-state index in [1.165, 1.54) is 30.3 Å². The van der Waals surface area contributed by atoms with Gasteiger partial charge in [0.2, 0.25) is 16.5 Å². The second-order valence-electron chi connectivity index (χ2n) is 8.07. The van der Waals surface area contributed by atoms with Gasteiger partial charge in [0, 0.05) is 70.2 Å². The molecule has 0 unspecified atom stereocenters. The summed E-state index contributed by atoms with van der Waals surface area (Å²) >= 11 is 11.5. The van der Waals surface area contributed by atoms with Crippen molar-refractivity contribution in [3.05, 3.63) is 59.1 Å². The molecule has 0 bridgehead atoms. The number of hydrogen-bond donors (Lipinski definition) is 4. The standard InChI is InChI=1S/C21H16Cl2N6O10S3.2Na/c22-19-25-20(23)27-21(26-19)24-13-3-6-15-11(9-13)10-16(41(33,34)35)17(18(15)30)29-28-12-1-4-14(5-2-12)40(31,32)8-7-39-42(36,37)38;;/h1-6,9-10,30H,7-8H2,(H,33,34,35)(H,36,37,38)(H,24,25,26,27);;. The first-order valence-electron chi connectivity index (χ1n) is 11.0. The number of anilines is 2. The van der Waals surface area contributed by atoms with Crippen molar-refractivity contribution in [2.75, 3.05) is 17.7 Å². The number of phenolic OH excluding ortho intramolecular Hbond substituents is 1. The molecule has 3 aromatic carbocycles. The van der Waals surface area contributed by atoms with Crippen molar-refractivity contribution in [3.8, 4) is 5.75 Å². The van der Waals surface area contributed by atoms with E-state index in [4.69, 9.17) is 27.8 Å². The van der Waals surface area contributed by atoms with Crippen molar-refractivity contribution in [3.63, 3.8) is 0 Å². The Hall–Kier alpha value is -1.56. The predicted octanol–water partition coefficient (Wildman–Crippen LogP) is 3.27. The SMILES string of the molecule is O=S(=O)(O)OCCS(=O)(=O)c1ccc(N=Nc2c(S(=O)(=O)O)cc3cc(Nc4nc(Cl)nc(Cl)n4)ccc3c2O)cc1.[Na].[Na]. The molecule has 4 aromatic rings. The van der Waals surface area contributed by atoms with E-state index in [2.05, 4.69) is 34.7 Å². The zero-order valence-corrected chi connectivity index (χ0v) is 30.4. The molecule has 2 radical (unpaired) electrons. The molecular weight excluding hydrogens is 709 g/mol. The molecule has 44 heavy (non-hydrogen) atoms. The molecule has 0 aliphatic rings. The van der Waals surface area contributed by atoms with Gasteiger partial charge < -0.3 is 10.4 Å². The van der Waals surface area contributed by atoms with E-state index in [-0.39, 0.29) is 97.0 Å². The zero-order chi connectivity index (χ0) is 30.9. The number of aromatic hydroxyl groups is 1. The van der Waals surface area contributed by atoms with E-state index < -0.39 is 59.0 Å². The molecule has 1 heterocycles. The van der Waals surface area contributed by atoms with Crippen LogP contribution in [0, 0.1) is 0 Å². The number of benzene rings is 3. The molecule has 0 atom stereocenters. The Kier molecular flexibility index (Phi) is 13.5. The summed E-state index contributed by atoms with van der Waals surface area (Å²) in [4.78, 5) is 10.3. The number of phenols is 1. The fourth-order valence-corrected chi connectivity index (χ4v) is 5.94. The van der Waals surface area contributed by atoms with Gasteiger partial charge in [-0.25, -0.2) is 12.6 Å². The summed E-state index contributed by atoms with van der Waals surface area (Å²) in [6, 6.07) is 9.98. The molecule has 23 heteroatoms. The number of rotatable bonds is 10. The summed E-state index contributed by atoms with van der Waals surface area (Å²) in [6.45, 7) is -0.819. The fourth-order valence-electron chi connectivity index (χ4n) is 3.43. The Bertz CT molecular complexity index is 2040. The fraction of sp³-hybridized carbons (Fsp3) is 0.0952. The molecule has 0 amide bonds. The number of halogens is 2. The van der Waals surface area contributed by atoms with Crippen LogP contribution in [0.15, 0.2) is 68.6 Å². The summed E-state index contributed by atoms with van der Waals surface area (Å²) < 4.78 is 92.6. The predicted molar refractivity (Wildman–Crippen MR) is 160 cm³/mol. The first-order chi connectivity index (χ1) is 19.5. The zero-order valence-electron chi connectivity index (χ0n) is 22.4. The van der Waals surface area contributed by atoms with Gasteiger partial charge in [-0.15, -0.1) is 5.11 Å². The molecule has 0 saturated carbocycles. The summed E-state index contributed by atoms with van der Waals surface area (Å²) in [6.07, 6.45) is 0.